The van der Waals surface area contributed by atoms with Crippen molar-refractivity contribution in [1.29, 1.82) is 0 Å². The third kappa shape index (κ3) is 4.08. The summed E-state index contributed by atoms with van der Waals surface area (Å²) in [5.74, 6) is -0.166. The molecule has 0 saturated carbocycles. The summed E-state index contributed by atoms with van der Waals surface area (Å²) in [5.41, 5.74) is 3.73. The van der Waals surface area contributed by atoms with E-state index in [1.807, 2.05) is 60.7 Å². The monoisotopic (exact) mass is 321 g/mol. The van der Waals surface area contributed by atoms with Gasteiger partial charge < -0.3 is 10.1 Å². The van der Waals surface area contributed by atoms with Crippen molar-refractivity contribution in [3.63, 3.8) is 0 Å². The van der Waals surface area contributed by atoms with Crippen molar-refractivity contribution in [1.82, 2.24) is 10.2 Å². The van der Waals surface area contributed by atoms with E-state index in [0.717, 1.165) is 22.5 Å². The first kappa shape index (κ1) is 16.0. The van der Waals surface area contributed by atoms with Gasteiger partial charge in [-0.1, -0.05) is 42.5 Å². The number of anilines is 1. The van der Waals surface area contributed by atoms with Crippen molar-refractivity contribution in [3.8, 4) is 11.3 Å². The van der Waals surface area contributed by atoms with Gasteiger partial charge in [0, 0.05) is 11.9 Å². The number of rotatable bonds is 6. The number of aromatic nitrogens is 2. The summed E-state index contributed by atoms with van der Waals surface area (Å²) in [6.07, 6.45) is 1.18. The van der Waals surface area contributed by atoms with E-state index in [1.54, 1.807) is 13.1 Å². The number of H-pyrrole nitrogens is 1. The number of hydrogen-bond acceptors (Lipinski definition) is 3. The highest BCUT2D eigenvalue weighted by Crippen LogP contribution is 2.19. The van der Waals surface area contributed by atoms with Crippen LogP contribution in [0.5, 0.6) is 0 Å². The van der Waals surface area contributed by atoms with Crippen LogP contribution in [0.4, 0.5) is 5.69 Å². The Kier molecular flexibility index (Phi) is 5.03. The van der Waals surface area contributed by atoms with Gasteiger partial charge in [-0.3, -0.25) is 9.89 Å². The van der Waals surface area contributed by atoms with Crippen molar-refractivity contribution >= 4 is 11.6 Å². The second-order valence-corrected chi connectivity index (χ2v) is 5.48. The van der Waals surface area contributed by atoms with Crippen molar-refractivity contribution in [3.05, 3.63) is 72.4 Å². The highest BCUT2D eigenvalue weighted by atomic mass is 16.5. The third-order valence-corrected chi connectivity index (χ3v) is 3.68. The van der Waals surface area contributed by atoms with E-state index < -0.39 is 6.10 Å². The van der Waals surface area contributed by atoms with Crippen LogP contribution in [-0.4, -0.2) is 22.2 Å². The average Bonchev–Trinajstić information content (AvgIpc) is 3.16. The summed E-state index contributed by atoms with van der Waals surface area (Å²) in [5, 5.41) is 9.69. The molecule has 1 heterocycles. The topological polar surface area (TPSA) is 67.0 Å². The predicted octanol–water partition coefficient (Wildman–Crippen LogP) is 3.62. The molecule has 2 aromatic carbocycles. The largest absolute Gasteiger partial charge is 0.364 e. The highest BCUT2D eigenvalue weighted by molar-refractivity contribution is 5.94. The van der Waals surface area contributed by atoms with Crippen molar-refractivity contribution in [2.75, 3.05) is 5.32 Å². The molecule has 5 nitrogen and oxygen atoms in total. The maximum Gasteiger partial charge on any atom is 0.253 e. The molecule has 5 heteroatoms. The first-order valence-electron chi connectivity index (χ1n) is 7.78. The number of hydrogen-bond donors (Lipinski definition) is 2. The van der Waals surface area contributed by atoms with E-state index in [4.69, 9.17) is 4.74 Å². The van der Waals surface area contributed by atoms with E-state index in [9.17, 15) is 4.79 Å². The summed E-state index contributed by atoms with van der Waals surface area (Å²) >= 11 is 0. The summed E-state index contributed by atoms with van der Waals surface area (Å²) in [7, 11) is 0. The Hall–Kier alpha value is -2.92. The number of amides is 1. The van der Waals surface area contributed by atoms with Gasteiger partial charge in [-0.15, -0.1) is 0 Å². The van der Waals surface area contributed by atoms with Gasteiger partial charge in [0.05, 0.1) is 12.3 Å². The van der Waals surface area contributed by atoms with Gasteiger partial charge in [-0.25, -0.2) is 0 Å². The molecule has 0 aliphatic rings. The Labute approximate surface area is 140 Å². The first-order chi connectivity index (χ1) is 11.7. The molecule has 3 rings (SSSR count). The van der Waals surface area contributed by atoms with Crippen LogP contribution >= 0.6 is 0 Å². The van der Waals surface area contributed by atoms with Crippen LogP contribution < -0.4 is 5.32 Å². The summed E-state index contributed by atoms with van der Waals surface area (Å²) in [6.45, 7) is 2.16. The van der Waals surface area contributed by atoms with Gasteiger partial charge in [-0.2, -0.15) is 5.10 Å². The molecule has 122 valence electrons. The van der Waals surface area contributed by atoms with E-state index in [-0.39, 0.29) is 5.91 Å². The fourth-order valence-electron chi connectivity index (χ4n) is 2.26. The van der Waals surface area contributed by atoms with E-state index in [0.29, 0.717) is 6.61 Å². The van der Waals surface area contributed by atoms with Crippen LogP contribution in [0.2, 0.25) is 0 Å². The normalized spacial score (nSPS) is 11.9. The molecule has 0 aliphatic heterocycles. The summed E-state index contributed by atoms with van der Waals surface area (Å²) in [4.78, 5) is 12.2. The second kappa shape index (κ2) is 7.57. The average molecular weight is 321 g/mol. The number of aromatic amines is 1. The number of nitrogens with zero attached hydrogens (tertiary/aromatic N) is 1. The number of carbonyl (C=O) groups is 1. The molecule has 0 spiro atoms. The number of benzene rings is 2. The van der Waals surface area contributed by atoms with Crippen molar-refractivity contribution < 1.29 is 9.53 Å². The lowest BCUT2D eigenvalue weighted by Gasteiger charge is -2.13. The quantitative estimate of drug-likeness (QED) is 0.728. The molecule has 0 bridgehead atoms. The van der Waals surface area contributed by atoms with Crippen molar-refractivity contribution in [2.24, 2.45) is 0 Å². The minimum atomic E-state index is -0.530. The second-order valence-electron chi connectivity index (χ2n) is 5.48. The van der Waals surface area contributed by atoms with E-state index >= 15 is 0 Å². The Morgan fingerprint density at radius 1 is 1.12 bits per heavy atom. The Balaban J connectivity index is 1.54. The fourth-order valence-corrected chi connectivity index (χ4v) is 2.26. The Bertz CT molecular complexity index is 768. The van der Waals surface area contributed by atoms with Crippen LogP contribution in [0, 0.1) is 0 Å². The molecule has 1 unspecified atom stereocenters. The number of nitrogens with one attached hydrogen (secondary N) is 2. The van der Waals surface area contributed by atoms with E-state index in [1.165, 1.54) is 0 Å². The SMILES string of the molecule is CC(OCc1ccccc1)C(=O)Nc1ccc(-c2ccn[nH]2)cc1. The molecule has 2 N–H and O–H groups in total. The minimum Gasteiger partial charge on any atom is -0.364 e. The molecule has 1 aromatic heterocycles. The third-order valence-electron chi connectivity index (χ3n) is 3.68. The number of ether oxygens (including phenoxy) is 1. The van der Waals surface area contributed by atoms with Crippen molar-refractivity contribution in [2.45, 2.75) is 19.6 Å². The zero-order valence-electron chi connectivity index (χ0n) is 13.4. The maximum absolute atomic E-state index is 12.2. The van der Waals surface area contributed by atoms with Crippen LogP contribution in [0.1, 0.15) is 12.5 Å². The highest BCUT2D eigenvalue weighted by Gasteiger charge is 2.13. The van der Waals surface area contributed by atoms with Crippen LogP contribution in [0.3, 0.4) is 0 Å². The Morgan fingerprint density at radius 2 is 1.88 bits per heavy atom. The molecular weight excluding hydrogens is 302 g/mol. The molecule has 0 radical (unpaired) electrons. The standard InChI is InChI=1S/C19H19N3O2/c1-14(24-13-15-5-3-2-4-6-15)19(23)21-17-9-7-16(8-10-17)18-11-12-20-22-18/h2-12,14H,13H2,1H3,(H,20,22)(H,21,23). The van der Waals surface area contributed by atoms with Gasteiger partial charge in [0.2, 0.25) is 0 Å². The van der Waals surface area contributed by atoms with Gasteiger partial charge >= 0.3 is 0 Å². The molecule has 3 aromatic rings. The lowest BCUT2D eigenvalue weighted by molar-refractivity contribution is -0.127. The van der Waals surface area contributed by atoms with Crippen LogP contribution in [-0.2, 0) is 16.1 Å². The smallest absolute Gasteiger partial charge is 0.253 e. The molecule has 0 saturated heterocycles. The summed E-state index contributed by atoms with van der Waals surface area (Å²) in [6, 6.07) is 19.3. The van der Waals surface area contributed by atoms with Gasteiger partial charge in [-0.05, 0) is 36.2 Å². The first-order valence-corrected chi connectivity index (χ1v) is 7.78. The molecule has 0 fully saturated rings. The minimum absolute atomic E-state index is 0.166. The molecular formula is C19H19N3O2. The molecule has 24 heavy (non-hydrogen) atoms. The van der Waals surface area contributed by atoms with Crippen LogP contribution in [0.15, 0.2) is 66.9 Å². The van der Waals surface area contributed by atoms with Crippen LogP contribution in [0.25, 0.3) is 11.3 Å². The predicted molar refractivity (Wildman–Crippen MR) is 93.3 cm³/mol. The van der Waals surface area contributed by atoms with Gasteiger partial charge in [0.25, 0.3) is 5.91 Å². The fraction of sp³-hybridized carbons (Fsp3) is 0.158. The molecule has 1 atom stereocenters. The summed E-state index contributed by atoms with van der Waals surface area (Å²) < 4.78 is 5.62. The molecule has 1 amide bonds. The van der Waals surface area contributed by atoms with Gasteiger partial charge in [0.15, 0.2) is 0 Å². The van der Waals surface area contributed by atoms with Gasteiger partial charge in [0.1, 0.15) is 6.10 Å². The Morgan fingerprint density at radius 3 is 2.54 bits per heavy atom. The maximum atomic E-state index is 12.2. The molecule has 0 aliphatic carbocycles. The zero-order valence-corrected chi connectivity index (χ0v) is 13.4. The van der Waals surface area contributed by atoms with E-state index in [2.05, 4.69) is 15.5 Å². The lowest BCUT2D eigenvalue weighted by Crippen LogP contribution is -2.27. The zero-order chi connectivity index (χ0) is 16.8. The lowest BCUT2D eigenvalue weighted by atomic mass is 10.1. The number of carbonyl (C=O) groups excluding carboxylic acids is 1.